The maximum atomic E-state index is 6.30. The van der Waals surface area contributed by atoms with Gasteiger partial charge in [0.15, 0.2) is 5.82 Å². The Morgan fingerprint density at radius 2 is 2.16 bits per heavy atom. The van der Waals surface area contributed by atoms with Crippen LogP contribution in [0.2, 0.25) is 0 Å². The Balaban J connectivity index is 1.75. The van der Waals surface area contributed by atoms with E-state index in [0.29, 0.717) is 44.2 Å². The van der Waals surface area contributed by atoms with Crippen LogP contribution in [0.1, 0.15) is 35.3 Å². The lowest BCUT2D eigenvalue weighted by atomic mass is 9.91. The molecule has 0 unspecified atom stereocenters. The molecular weight excluding hydrogens is 264 g/mol. The summed E-state index contributed by atoms with van der Waals surface area (Å²) >= 11 is 1.62. The molecule has 3 heterocycles. The molecule has 0 bridgehead atoms. The summed E-state index contributed by atoms with van der Waals surface area (Å²) in [7, 11) is 0. The number of thiazole rings is 1. The third kappa shape index (κ3) is 2.68. The molecular formula is C12H16N4O2S. The van der Waals surface area contributed by atoms with E-state index in [2.05, 4.69) is 15.1 Å². The molecule has 2 aromatic heterocycles. The van der Waals surface area contributed by atoms with Crippen LogP contribution < -0.4 is 5.73 Å². The second kappa shape index (κ2) is 4.99. The van der Waals surface area contributed by atoms with Crippen LogP contribution in [-0.4, -0.2) is 28.3 Å². The fraction of sp³-hybridized carbons (Fsp3) is 0.583. The smallest absolute Gasteiger partial charge is 0.246 e. The predicted octanol–water partition coefficient (Wildman–Crippen LogP) is 1.39. The largest absolute Gasteiger partial charge is 0.381 e. The first-order valence-electron chi connectivity index (χ1n) is 6.26. The molecule has 2 aromatic rings. The van der Waals surface area contributed by atoms with E-state index in [0.717, 1.165) is 10.7 Å². The maximum absolute atomic E-state index is 6.30. The summed E-state index contributed by atoms with van der Waals surface area (Å²) in [4.78, 5) is 8.81. The van der Waals surface area contributed by atoms with Crippen LogP contribution in [0.25, 0.3) is 0 Å². The number of nitrogens with zero attached hydrogens (tertiary/aromatic N) is 3. The van der Waals surface area contributed by atoms with E-state index in [1.54, 1.807) is 11.3 Å². The number of nitrogens with two attached hydrogens (primary N) is 1. The molecule has 6 nitrogen and oxygen atoms in total. The van der Waals surface area contributed by atoms with E-state index in [-0.39, 0.29) is 0 Å². The summed E-state index contributed by atoms with van der Waals surface area (Å²) in [5.41, 5.74) is 6.73. The number of aryl methyl sites for hydroxylation is 1. The Bertz CT molecular complexity index is 560. The van der Waals surface area contributed by atoms with Crippen molar-refractivity contribution in [2.24, 2.45) is 5.73 Å². The highest BCUT2D eigenvalue weighted by Gasteiger charge is 2.35. The van der Waals surface area contributed by atoms with Crippen molar-refractivity contribution >= 4 is 11.3 Å². The van der Waals surface area contributed by atoms with Gasteiger partial charge in [0.1, 0.15) is 5.54 Å². The minimum atomic E-state index is -0.540. The van der Waals surface area contributed by atoms with Gasteiger partial charge in [0.05, 0.1) is 17.1 Å². The molecule has 0 aromatic carbocycles. The molecule has 0 atom stereocenters. The van der Waals surface area contributed by atoms with Crippen molar-refractivity contribution in [2.75, 3.05) is 13.2 Å². The number of hydrogen-bond acceptors (Lipinski definition) is 7. The first-order valence-corrected chi connectivity index (χ1v) is 7.14. The van der Waals surface area contributed by atoms with Gasteiger partial charge in [0, 0.05) is 18.6 Å². The monoisotopic (exact) mass is 280 g/mol. The highest BCUT2D eigenvalue weighted by atomic mass is 32.1. The van der Waals surface area contributed by atoms with Crippen molar-refractivity contribution in [2.45, 2.75) is 31.7 Å². The summed E-state index contributed by atoms with van der Waals surface area (Å²) in [6, 6.07) is 0. The predicted molar refractivity (Wildman–Crippen MR) is 69.9 cm³/mol. The van der Waals surface area contributed by atoms with Crippen molar-refractivity contribution < 1.29 is 9.26 Å². The van der Waals surface area contributed by atoms with Crippen LogP contribution in [0.3, 0.4) is 0 Å². The topological polar surface area (TPSA) is 87.1 Å². The maximum Gasteiger partial charge on any atom is 0.246 e. The Hall–Kier alpha value is -1.31. The van der Waals surface area contributed by atoms with Gasteiger partial charge < -0.3 is 15.0 Å². The fourth-order valence-electron chi connectivity index (χ4n) is 2.13. The third-order valence-electron chi connectivity index (χ3n) is 3.28. The normalized spacial score (nSPS) is 18.6. The van der Waals surface area contributed by atoms with Crippen molar-refractivity contribution in [3.8, 4) is 0 Å². The Morgan fingerprint density at radius 1 is 1.37 bits per heavy atom. The summed E-state index contributed by atoms with van der Waals surface area (Å²) in [6.07, 6.45) is 2.01. The summed E-state index contributed by atoms with van der Waals surface area (Å²) in [5.74, 6) is 1.15. The van der Waals surface area contributed by atoms with Crippen LogP contribution >= 0.6 is 11.3 Å². The molecule has 0 saturated carbocycles. The zero-order chi connectivity index (χ0) is 13.3. The number of aromatic nitrogens is 3. The summed E-state index contributed by atoms with van der Waals surface area (Å²) < 4.78 is 10.6. The molecule has 0 radical (unpaired) electrons. The Kier molecular flexibility index (Phi) is 3.34. The molecule has 1 aliphatic rings. The number of ether oxygens (including phenoxy) is 1. The van der Waals surface area contributed by atoms with Crippen molar-refractivity contribution in [1.82, 2.24) is 15.1 Å². The van der Waals surface area contributed by atoms with Gasteiger partial charge in [-0.25, -0.2) is 4.98 Å². The van der Waals surface area contributed by atoms with Crippen molar-refractivity contribution in [3.63, 3.8) is 0 Å². The molecule has 19 heavy (non-hydrogen) atoms. The Labute approximate surface area is 115 Å². The highest BCUT2D eigenvalue weighted by molar-refractivity contribution is 7.09. The van der Waals surface area contributed by atoms with Gasteiger partial charge >= 0.3 is 0 Å². The molecule has 1 aliphatic heterocycles. The minimum absolute atomic E-state index is 0.512. The molecule has 0 aliphatic carbocycles. The average molecular weight is 280 g/mol. The lowest BCUT2D eigenvalue weighted by molar-refractivity contribution is 0.0400. The van der Waals surface area contributed by atoms with Crippen molar-refractivity contribution in [1.29, 1.82) is 0 Å². The van der Waals surface area contributed by atoms with Crippen LogP contribution in [0.15, 0.2) is 9.90 Å². The fourth-order valence-corrected chi connectivity index (χ4v) is 2.74. The number of rotatable bonds is 3. The first kappa shape index (κ1) is 12.7. The lowest BCUT2D eigenvalue weighted by Crippen LogP contribution is -2.42. The molecule has 102 valence electrons. The van der Waals surface area contributed by atoms with Crippen LogP contribution in [0.4, 0.5) is 0 Å². The van der Waals surface area contributed by atoms with E-state index in [1.165, 1.54) is 0 Å². The van der Waals surface area contributed by atoms with Gasteiger partial charge in [0.25, 0.3) is 0 Å². The molecule has 2 N–H and O–H groups in total. The molecule has 3 rings (SSSR count). The first-order chi connectivity index (χ1) is 9.16. The minimum Gasteiger partial charge on any atom is -0.381 e. The SMILES string of the molecule is Cc1nc(Cc2noc(C3(N)CCOCC3)n2)cs1. The third-order valence-corrected chi connectivity index (χ3v) is 4.11. The van der Waals surface area contributed by atoms with Gasteiger partial charge in [-0.1, -0.05) is 5.16 Å². The highest BCUT2D eigenvalue weighted by Crippen LogP contribution is 2.28. The van der Waals surface area contributed by atoms with E-state index < -0.39 is 5.54 Å². The molecule has 1 fully saturated rings. The molecule has 0 spiro atoms. The van der Waals surface area contributed by atoms with E-state index >= 15 is 0 Å². The van der Waals surface area contributed by atoms with Gasteiger partial charge in [-0.2, -0.15) is 4.98 Å². The number of hydrogen-bond donors (Lipinski definition) is 1. The summed E-state index contributed by atoms with van der Waals surface area (Å²) in [5, 5.41) is 7.05. The van der Waals surface area contributed by atoms with Crippen molar-refractivity contribution in [3.05, 3.63) is 27.8 Å². The zero-order valence-corrected chi connectivity index (χ0v) is 11.6. The average Bonchev–Trinajstić information content (AvgIpc) is 3.01. The van der Waals surface area contributed by atoms with Gasteiger partial charge in [0.2, 0.25) is 5.89 Å². The summed E-state index contributed by atoms with van der Waals surface area (Å²) in [6.45, 7) is 3.26. The van der Waals surface area contributed by atoms with E-state index in [9.17, 15) is 0 Å². The van der Waals surface area contributed by atoms with Crippen LogP contribution in [-0.2, 0) is 16.7 Å². The molecule has 1 saturated heterocycles. The molecule has 0 amide bonds. The Morgan fingerprint density at radius 3 is 2.84 bits per heavy atom. The van der Waals surface area contributed by atoms with Crippen LogP contribution in [0, 0.1) is 6.92 Å². The van der Waals surface area contributed by atoms with Gasteiger partial charge in [-0.05, 0) is 19.8 Å². The van der Waals surface area contributed by atoms with Crippen LogP contribution in [0.5, 0.6) is 0 Å². The quantitative estimate of drug-likeness (QED) is 0.914. The van der Waals surface area contributed by atoms with Gasteiger partial charge in [-0.15, -0.1) is 11.3 Å². The zero-order valence-electron chi connectivity index (χ0n) is 10.8. The lowest BCUT2D eigenvalue weighted by Gasteiger charge is -2.29. The second-order valence-electron chi connectivity index (χ2n) is 4.82. The van der Waals surface area contributed by atoms with E-state index in [1.807, 2.05) is 12.3 Å². The van der Waals surface area contributed by atoms with E-state index in [4.69, 9.17) is 15.0 Å². The van der Waals surface area contributed by atoms with Gasteiger partial charge in [-0.3, -0.25) is 0 Å². The molecule has 7 heteroatoms. The standard InChI is InChI=1S/C12H16N4O2S/c1-8-14-9(7-19-8)6-10-15-11(18-16-10)12(13)2-4-17-5-3-12/h7H,2-6,13H2,1H3. The second-order valence-corrected chi connectivity index (χ2v) is 5.88.